The minimum absolute atomic E-state index is 0.0297. The van der Waals surface area contributed by atoms with Crippen molar-refractivity contribution in [2.45, 2.75) is 33.4 Å². The molecular weight excluding hydrogens is 344 g/mol. The molecule has 2 heterocycles. The van der Waals surface area contributed by atoms with Gasteiger partial charge in [-0.3, -0.25) is 4.79 Å². The molecule has 1 aliphatic heterocycles. The van der Waals surface area contributed by atoms with Crippen LogP contribution in [0.3, 0.4) is 0 Å². The number of nitrogens with one attached hydrogen (secondary N) is 1. The summed E-state index contributed by atoms with van der Waals surface area (Å²) in [6.07, 6.45) is 1.12. The van der Waals surface area contributed by atoms with Gasteiger partial charge >= 0.3 is 5.97 Å². The number of anilines is 1. The van der Waals surface area contributed by atoms with Gasteiger partial charge in [0.2, 0.25) is 5.43 Å². The van der Waals surface area contributed by atoms with Gasteiger partial charge in [0.25, 0.3) is 0 Å². The van der Waals surface area contributed by atoms with Gasteiger partial charge < -0.3 is 19.9 Å². The van der Waals surface area contributed by atoms with Gasteiger partial charge in [-0.1, -0.05) is 0 Å². The zero-order chi connectivity index (χ0) is 19.2. The molecule has 0 amide bonds. The van der Waals surface area contributed by atoms with E-state index in [1.165, 1.54) is 11.5 Å². The molecule has 1 fully saturated rings. The van der Waals surface area contributed by atoms with Crippen LogP contribution in [0.15, 0.2) is 11.0 Å². The van der Waals surface area contributed by atoms with Crippen LogP contribution in [-0.2, 0) is 6.54 Å². The second kappa shape index (κ2) is 6.68. The molecule has 1 aromatic carbocycles. The zero-order valence-electron chi connectivity index (χ0n) is 14.9. The van der Waals surface area contributed by atoms with Crippen LogP contribution < -0.4 is 15.6 Å². The SMILES string of the molecule is CCn1cc(C(=O)O)c(=O)c2c(C)c(F)c(N3CCNC(C)C3)c(F)c21. The average molecular weight is 365 g/mol. The number of nitrogens with zero attached hydrogens (tertiary/aromatic N) is 2. The summed E-state index contributed by atoms with van der Waals surface area (Å²) in [5.74, 6) is -3.06. The van der Waals surface area contributed by atoms with E-state index in [0.29, 0.717) is 19.6 Å². The average Bonchev–Trinajstić information content (AvgIpc) is 2.59. The van der Waals surface area contributed by atoms with Gasteiger partial charge in [-0.15, -0.1) is 0 Å². The van der Waals surface area contributed by atoms with E-state index in [9.17, 15) is 14.7 Å². The first kappa shape index (κ1) is 18.3. The van der Waals surface area contributed by atoms with Crippen molar-refractivity contribution in [1.82, 2.24) is 9.88 Å². The van der Waals surface area contributed by atoms with E-state index in [1.807, 2.05) is 6.92 Å². The predicted octanol–water partition coefficient (Wildman–Crippen LogP) is 2.10. The smallest absolute Gasteiger partial charge is 0.341 e. The van der Waals surface area contributed by atoms with Crippen LogP contribution in [-0.4, -0.2) is 41.3 Å². The number of fused-ring (bicyclic) bond motifs is 1. The van der Waals surface area contributed by atoms with Gasteiger partial charge in [0.05, 0.1) is 10.9 Å². The molecule has 6 nitrogen and oxygen atoms in total. The summed E-state index contributed by atoms with van der Waals surface area (Å²) in [4.78, 5) is 25.5. The first-order valence-corrected chi connectivity index (χ1v) is 8.54. The third-order valence-electron chi connectivity index (χ3n) is 4.86. The van der Waals surface area contributed by atoms with Gasteiger partial charge in [-0.2, -0.15) is 0 Å². The first-order chi connectivity index (χ1) is 12.3. The quantitative estimate of drug-likeness (QED) is 0.871. The van der Waals surface area contributed by atoms with E-state index in [0.717, 1.165) is 6.20 Å². The van der Waals surface area contributed by atoms with Gasteiger partial charge in [-0.25, -0.2) is 13.6 Å². The van der Waals surface area contributed by atoms with E-state index in [1.54, 1.807) is 11.8 Å². The Morgan fingerprint density at radius 2 is 2.08 bits per heavy atom. The van der Waals surface area contributed by atoms with Gasteiger partial charge in [0, 0.05) is 44.0 Å². The number of carboxylic acid groups (broad SMARTS) is 1. The number of benzene rings is 1. The lowest BCUT2D eigenvalue weighted by Gasteiger charge is -2.34. The third-order valence-corrected chi connectivity index (χ3v) is 4.86. The number of halogens is 2. The molecule has 2 N–H and O–H groups in total. The van der Waals surface area contributed by atoms with E-state index in [-0.39, 0.29) is 34.7 Å². The molecule has 3 rings (SSSR count). The highest BCUT2D eigenvalue weighted by Crippen LogP contribution is 2.33. The third kappa shape index (κ3) is 2.74. The monoisotopic (exact) mass is 365 g/mol. The summed E-state index contributed by atoms with van der Waals surface area (Å²) in [6.45, 7) is 6.73. The number of hydrogen-bond acceptors (Lipinski definition) is 4. The molecule has 1 saturated heterocycles. The van der Waals surface area contributed by atoms with Crippen LogP contribution in [0.1, 0.15) is 29.8 Å². The minimum Gasteiger partial charge on any atom is -0.477 e. The summed E-state index contributed by atoms with van der Waals surface area (Å²) >= 11 is 0. The fourth-order valence-electron chi connectivity index (χ4n) is 3.56. The van der Waals surface area contributed by atoms with Crippen molar-refractivity contribution in [2.24, 2.45) is 0 Å². The lowest BCUT2D eigenvalue weighted by molar-refractivity contribution is 0.0695. The Hall–Kier alpha value is -2.48. The Kier molecular flexibility index (Phi) is 4.70. The number of aryl methyl sites for hydroxylation is 2. The van der Waals surface area contributed by atoms with E-state index >= 15 is 8.78 Å². The summed E-state index contributed by atoms with van der Waals surface area (Å²) in [7, 11) is 0. The molecule has 1 aromatic heterocycles. The maximum atomic E-state index is 15.4. The van der Waals surface area contributed by atoms with E-state index in [4.69, 9.17) is 0 Å². The molecular formula is C18H21F2N3O3. The number of aromatic nitrogens is 1. The van der Waals surface area contributed by atoms with Crippen molar-refractivity contribution in [1.29, 1.82) is 0 Å². The summed E-state index contributed by atoms with van der Waals surface area (Å²) in [6, 6.07) is 0.0707. The second-order valence-electron chi connectivity index (χ2n) is 6.59. The van der Waals surface area contributed by atoms with Gasteiger partial charge in [-0.05, 0) is 20.8 Å². The van der Waals surface area contributed by atoms with Crippen LogP contribution in [0.4, 0.5) is 14.5 Å². The van der Waals surface area contributed by atoms with Crippen molar-refractivity contribution in [3.63, 3.8) is 0 Å². The zero-order valence-corrected chi connectivity index (χ0v) is 14.9. The molecule has 26 heavy (non-hydrogen) atoms. The van der Waals surface area contributed by atoms with Crippen LogP contribution in [0.5, 0.6) is 0 Å². The molecule has 140 valence electrons. The molecule has 0 aliphatic carbocycles. The molecule has 0 spiro atoms. The summed E-state index contributed by atoms with van der Waals surface area (Å²) in [5, 5.41) is 12.2. The molecule has 0 radical (unpaired) electrons. The number of pyridine rings is 1. The Morgan fingerprint density at radius 1 is 1.38 bits per heavy atom. The Labute approximate surface area is 149 Å². The topological polar surface area (TPSA) is 74.6 Å². The van der Waals surface area contributed by atoms with E-state index in [2.05, 4.69) is 5.32 Å². The summed E-state index contributed by atoms with van der Waals surface area (Å²) in [5.41, 5.74) is -1.61. The van der Waals surface area contributed by atoms with Crippen molar-refractivity contribution < 1.29 is 18.7 Å². The highest BCUT2D eigenvalue weighted by Gasteiger charge is 2.29. The van der Waals surface area contributed by atoms with Crippen molar-refractivity contribution in [3.8, 4) is 0 Å². The predicted molar refractivity (Wildman–Crippen MR) is 95.2 cm³/mol. The number of rotatable bonds is 3. The molecule has 1 aliphatic rings. The number of aromatic carboxylic acids is 1. The molecule has 0 saturated carbocycles. The maximum absolute atomic E-state index is 15.4. The fourth-order valence-corrected chi connectivity index (χ4v) is 3.56. The Morgan fingerprint density at radius 3 is 2.65 bits per heavy atom. The number of piperazine rings is 1. The van der Waals surface area contributed by atoms with Crippen molar-refractivity contribution >= 4 is 22.6 Å². The Bertz CT molecular complexity index is 955. The van der Waals surface area contributed by atoms with Crippen molar-refractivity contribution in [2.75, 3.05) is 24.5 Å². The van der Waals surface area contributed by atoms with Crippen LogP contribution in [0, 0.1) is 18.6 Å². The van der Waals surface area contributed by atoms with Crippen LogP contribution in [0.2, 0.25) is 0 Å². The minimum atomic E-state index is -1.42. The normalized spacial score (nSPS) is 17.7. The molecule has 1 unspecified atom stereocenters. The van der Waals surface area contributed by atoms with Gasteiger partial charge in [0.1, 0.15) is 11.3 Å². The number of carboxylic acids is 1. The standard InChI is InChI=1S/C18H21F2N3O3/c1-4-22-8-11(18(25)26)17(24)12-10(3)13(19)16(14(20)15(12)22)23-6-5-21-9(2)7-23/h8-9,21H,4-7H2,1-3H3,(H,25,26). The first-order valence-electron chi connectivity index (χ1n) is 8.54. The summed E-state index contributed by atoms with van der Waals surface area (Å²) < 4.78 is 31.8. The van der Waals surface area contributed by atoms with Gasteiger partial charge in [0.15, 0.2) is 11.6 Å². The molecule has 1 atom stereocenters. The molecule has 0 bridgehead atoms. The largest absolute Gasteiger partial charge is 0.477 e. The second-order valence-corrected chi connectivity index (χ2v) is 6.59. The van der Waals surface area contributed by atoms with E-state index < -0.39 is 28.6 Å². The fraction of sp³-hybridized carbons (Fsp3) is 0.444. The van der Waals surface area contributed by atoms with Crippen LogP contribution >= 0.6 is 0 Å². The highest BCUT2D eigenvalue weighted by atomic mass is 19.1. The van der Waals surface area contributed by atoms with Crippen molar-refractivity contribution in [3.05, 3.63) is 39.2 Å². The Balaban J connectivity index is 2.39. The lowest BCUT2D eigenvalue weighted by atomic mass is 10.0. The van der Waals surface area contributed by atoms with Crippen LogP contribution in [0.25, 0.3) is 10.9 Å². The lowest BCUT2D eigenvalue weighted by Crippen LogP contribution is -2.50. The highest BCUT2D eigenvalue weighted by molar-refractivity contribution is 5.95. The maximum Gasteiger partial charge on any atom is 0.341 e. The number of carbonyl (C=O) groups is 1. The number of hydrogen-bond donors (Lipinski definition) is 2. The molecule has 2 aromatic rings. The molecule has 8 heteroatoms.